The van der Waals surface area contributed by atoms with Crippen molar-refractivity contribution in [1.82, 2.24) is 0 Å². The number of ether oxygens (including phenoxy) is 1. The lowest BCUT2D eigenvalue weighted by Crippen LogP contribution is -2.16. The molecule has 4 aromatic rings. The van der Waals surface area contributed by atoms with Crippen molar-refractivity contribution in [2.24, 2.45) is 0 Å². The van der Waals surface area contributed by atoms with Crippen LogP contribution in [0.15, 0.2) is 90.3 Å². The van der Waals surface area contributed by atoms with Gasteiger partial charge < -0.3 is 15.4 Å². The average molecular weight is 454 g/mol. The first-order chi connectivity index (χ1) is 16.1. The van der Waals surface area contributed by atoms with Gasteiger partial charge in [0.25, 0.3) is 11.8 Å². The van der Waals surface area contributed by atoms with Gasteiger partial charge in [0.05, 0.1) is 27.9 Å². The summed E-state index contributed by atoms with van der Waals surface area (Å²) in [5.74, 6) is -0.0647. The van der Waals surface area contributed by atoms with E-state index in [9.17, 15) is 14.9 Å². The monoisotopic (exact) mass is 453 g/mol. The Hall–Kier alpha value is -4.41. The number of anilines is 2. The lowest BCUT2D eigenvalue weighted by Gasteiger charge is -2.13. The summed E-state index contributed by atoms with van der Waals surface area (Å²) >= 11 is 1.34. The SMILES string of the molecule is N#Cc1ccccc1COc1cccc(C(=O)Nc2ccccc2NC(=O)c2cccs2)c1. The highest BCUT2D eigenvalue weighted by Crippen LogP contribution is 2.24. The molecular weight excluding hydrogens is 434 g/mol. The van der Waals surface area contributed by atoms with Gasteiger partial charge in [-0.3, -0.25) is 9.59 Å². The van der Waals surface area contributed by atoms with E-state index in [1.165, 1.54) is 11.3 Å². The van der Waals surface area contributed by atoms with Gasteiger partial charge in [0, 0.05) is 11.1 Å². The minimum absolute atomic E-state index is 0.215. The molecule has 0 radical (unpaired) electrons. The molecule has 1 heterocycles. The first-order valence-electron chi connectivity index (χ1n) is 10.1. The van der Waals surface area contributed by atoms with Crippen molar-refractivity contribution in [3.8, 4) is 11.8 Å². The molecule has 162 valence electrons. The Morgan fingerprint density at radius 1 is 0.848 bits per heavy atom. The Labute approximate surface area is 195 Å². The van der Waals surface area contributed by atoms with E-state index in [0.717, 1.165) is 5.56 Å². The van der Waals surface area contributed by atoms with Crippen LogP contribution >= 0.6 is 11.3 Å². The number of para-hydroxylation sites is 2. The zero-order valence-corrected chi connectivity index (χ0v) is 18.3. The summed E-state index contributed by atoms with van der Waals surface area (Å²) in [4.78, 5) is 25.9. The predicted molar refractivity (Wildman–Crippen MR) is 129 cm³/mol. The number of carbonyl (C=O) groups excluding carboxylic acids is 2. The molecule has 0 aliphatic heterocycles. The van der Waals surface area contributed by atoms with Crippen molar-refractivity contribution in [3.05, 3.63) is 112 Å². The second kappa shape index (κ2) is 10.3. The van der Waals surface area contributed by atoms with Crippen LogP contribution < -0.4 is 15.4 Å². The number of nitrogens with zero attached hydrogens (tertiary/aromatic N) is 1. The van der Waals surface area contributed by atoms with Crippen molar-refractivity contribution in [1.29, 1.82) is 5.26 Å². The fraction of sp³-hybridized carbons (Fsp3) is 0.0385. The van der Waals surface area contributed by atoms with E-state index in [0.29, 0.717) is 33.1 Å². The van der Waals surface area contributed by atoms with E-state index in [2.05, 4.69) is 16.7 Å². The van der Waals surface area contributed by atoms with Crippen LogP contribution in [0, 0.1) is 11.3 Å². The van der Waals surface area contributed by atoms with Crippen LogP contribution in [-0.2, 0) is 6.61 Å². The molecule has 1 aromatic heterocycles. The van der Waals surface area contributed by atoms with Crippen molar-refractivity contribution in [3.63, 3.8) is 0 Å². The molecule has 0 saturated carbocycles. The van der Waals surface area contributed by atoms with Gasteiger partial charge in [-0.25, -0.2) is 0 Å². The van der Waals surface area contributed by atoms with Gasteiger partial charge in [0.15, 0.2) is 0 Å². The quantitative estimate of drug-likeness (QED) is 0.375. The molecule has 4 rings (SSSR count). The number of benzene rings is 3. The van der Waals surface area contributed by atoms with Gasteiger partial charge in [0.1, 0.15) is 12.4 Å². The number of carbonyl (C=O) groups is 2. The molecular formula is C26H19N3O3S. The third-order valence-electron chi connectivity index (χ3n) is 4.80. The maximum absolute atomic E-state index is 12.9. The van der Waals surface area contributed by atoms with Gasteiger partial charge in [-0.15, -0.1) is 11.3 Å². The summed E-state index contributed by atoms with van der Waals surface area (Å²) in [5.41, 5.74) is 2.71. The molecule has 0 fully saturated rings. The molecule has 0 aliphatic rings. The van der Waals surface area contributed by atoms with E-state index < -0.39 is 0 Å². The van der Waals surface area contributed by atoms with Gasteiger partial charge in [0.2, 0.25) is 0 Å². The summed E-state index contributed by atoms with van der Waals surface area (Å²) in [6, 6.07) is 26.7. The number of hydrogen-bond donors (Lipinski definition) is 2. The fourth-order valence-electron chi connectivity index (χ4n) is 3.13. The van der Waals surface area contributed by atoms with Crippen LogP contribution in [0.25, 0.3) is 0 Å². The molecule has 2 amide bonds. The fourth-order valence-corrected chi connectivity index (χ4v) is 3.75. The Morgan fingerprint density at radius 2 is 1.58 bits per heavy atom. The molecule has 0 bridgehead atoms. The van der Waals surface area contributed by atoms with Gasteiger partial charge in [-0.1, -0.05) is 42.5 Å². The molecule has 7 heteroatoms. The topological polar surface area (TPSA) is 91.2 Å². The van der Waals surface area contributed by atoms with E-state index in [-0.39, 0.29) is 18.4 Å². The van der Waals surface area contributed by atoms with E-state index >= 15 is 0 Å². The molecule has 0 atom stereocenters. The summed E-state index contributed by atoms with van der Waals surface area (Å²) in [6.07, 6.45) is 0. The molecule has 3 aromatic carbocycles. The smallest absolute Gasteiger partial charge is 0.265 e. The second-order valence-electron chi connectivity index (χ2n) is 7.02. The maximum atomic E-state index is 12.9. The zero-order chi connectivity index (χ0) is 23.0. The van der Waals surface area contributed by atoms with Crippen LogP contribution in [0.5, 0.6) is 5.75 Å². The summed E-state index contributed by atoms with van der Waals surface area (Å²) in [6.45, 7) is 0.215. The summed E-state index contributed by atoms with van der Waals surface area (Å²) in [5, 5.41) is 16.7. The Morgan fingerprint density at radius 3 is 2.30 bits per heavy atom. The van der Waals surface area contributed by atoms with E-state index in [1.54, 1.807) is 72.8 Å². The lowest BCUT2D eigenvalue weighted by atomic mass is 10.1. The molecule has 0 spiro atoms. The van der Waals surface area contributed by atoms with Crippen LogP contribution in [0.2, 0.25) is 0 Å². The van der Waals surface area contributed by atoms with Crippen molar-refractivity contribution in [2.75, 3.05) is 10.6 Å². The van der Waals surface area contributed by atoms with Crippen LogP contribution in [0.4, 0.5) is 11.4 Å². The van der Waals surface area contributed by atoms with Crippen LogP contribution in [-0.4, -0.2) is 11.8 Å². The van der Waals surface area contributed by atoms with Crippen molar-refractivity contribution < 1.29 is 14.3 Å². The second-order valence-corrected chi connectivity index (χ2v) is 7.96. The average Bonchev–Trinajstić information content (AvgIpc) is 3.39. The van der Waals surface area contributed by atoms with Crippen molar-refractivity contribution >= 4 is 34.5 Å². The highest BCUT2D eigenvalue weighted by atomic mass is 32.1. The third-order valence-corrected chi connectivity index (χ3v) is 5.67. The van der Waals surface area contributed by atoms with Crippen LogP contribution in [0.3, 0.4) is 0 Å². The maximum Gasteiger partial charge on any atom is 0.265 e. The van der Waals surface area contributed by atoms with Crippen molar-refractivity contribution in [2.45, 2.75) is 6.61 Å². The molecule has 33 heavy (non-hydrogen) atoms. The number of rotatable bonds is 7. The molecule has 0 saturated heterocycles. The van der Waals surface area contributed by atoms with Gasteiger partial charge in [-0.05, 0) is 47.8 Å². The first-order valence-corrected chi connectivity index (χ1v) is 11.0. The van der Waals surface area contributed by atoms with E-state index in [1.807, 2.05) is 17.5 Å². The number of hydrogen-bond acceptors (Lipinski definition) is 5. The zero-order valence-electron chi connectivity index (χ0n) is 17.4. The van der Waals surface area contributed by atoms with E-state index in [4.69, 9.17) is 4.74 Å². The first kappa shape index (κ1) is 21.8. The number of amides is 2. The standard InChI is InChI=1S/C26H19N3O3S/c27-16-19-7-1-2-8-20(19)17-32-21-10-5-9-18(15-21)25(30)28-22-11-3-4-12-23(22)29-26(31)24-13-6-14-33-24/h1-15H,17H2,(H,28,30)(H,29,31). The Bertz CT molecular complexity index is 1330. The summed E-state index contributed by atoms with van der Waals surface area (Å²) in [7, 11) is 0. The van der Waals surface area contributed by atoms with Gasteiger partial charge in [-0.2, -0.15) is 5.26 Å². The Kier molecular flexibility index (Phi) is 6.78. The minimum atomic E-state index is -0.337. The lowest BCUT2D eigenvalue weighted by molar-refractivity contribution is 0.101. The largest absolute Gasteiger partial charge is 0.489 e. The predicted octanol–water partition coefficient (Wildman–Crippen LogP) is 5.70. The molecule has 0 unspecified atom stereocenters. The number of nitrogens with one attached hydrogen (secondary N) is 2. The normalized spacial score (nSPS) is 10.2. The highest BCUT2D eigenvalue weighted by Gasteiger charge is 2.13. The molecule has 0 aliphatic carbocycles. The number of nitriles is 1. The Balaban J connectivity index is 1.45. The molecule has 6 nitrogen and oxygen atoms in total. The highest BCUT2D eigenvalue weighted by molar-refractivity contribution is 7.12. The van der Waals surface area contributed by atoms with Crippen LogP contribution in [0.1, 0.15) is 31.2 Å². The third kappa shape index (κ3) is 5.45. The number of thiophene rings is 1. The van der Waals surface area contributed by atoms with Gasteiger partial charge >= 0.3 is 0 Å². The molecule has 2 N–H and O–H groups in total. The summed E-state index contributed by atoms with van der Waals surface area (Å²) < 4.78 is 5.81. The minimum Gasteiger partial charge on any atom is -0.489 e.